The van der Waals surface area contributed by atoms with E-state index in [1.807, 2.05) is 0 Å². The van der Waals surface area contributed by atoms with Gasteiger partial charge in [-0.3, -0.25) is 4.89 Å². The number of nitrogens with one attached hydrogen (secondary N) is 1. The van der Waals surface area contributed by atoms with Crippen LogP contribution in [0, 0.1) is 0 Å². The second kappa shape index (κ2) is 5.94. The zero-order valence-corrected chi connectivity index (χ0v) is 8.04. The molecule has 0 radical (unpaired) electrons. The molecule has 1 atom stereocenters. The van der Waals surface area contributed by atoms with Gasteiger partial charge >= 0.3 is 5.97 Å². The molecular formula is C9H17NO3. The maximum atomic E-state index is 10.3. The molecule has 0 aromatic rings. The molecule has 0 amide bonds. The molecule has 0 unspecified atom stereocenters. The van der Waals surface area contributed by atoms with Crippen molar-refractivity contribution in [2.45, 2.75) is 38.6 Å². The van der Waals surface area contributed by atoms with Crippen molar-refractivity contribution in [1.29, 1.82) is 0 Å². The van der Waals surface area contributed by atoms with Gasteiger partial charge in [0.25, 0.3) is 0 Å². The second-order valence-electron chi connectivity index (χ2n) is 3.33. The van der Waals surface area contributed by atoms with E-state index in [2.05, 4.69) is 10.2 Å². The van der Waals surface area contributed by atoms with Crippen molar-refractivity contribution in [3.05, 3.63) is 0 Å². The molecule has 1 heterocycles. The first-order valence-corrected chi connectivity index (χ1v) is 4.82. The van der Waals surface area contributed by atoms with Crippen LogP contribution in [0.25, 0.3) is 0 Å². The van der Waals surface area contributed by atoms with Crippen molar-refractivity contribution < 1.29 is 14.6 Å². The monoisotopic (exact) mass is 187 g/mol. The third kappa shape index (κ3) is 4.85. The van der Waals surface area contributed by atoms with Gasteiger partial charge in [0, 0.05) is 13.0 Å². The van der Waals surface area contributed by atoms with E-state index in [1.54, 1.807) is 0 Å². The highest BCUT2D eigenvalue weighted by atomic mass is 17.2. The van der Waals surface area contributed by atoms with Crippen LogP contribution in [-0.4, -0.2) is 25.2 Å². The fraction of sp³-hybridized carbons (Fsp3) is 0.889. The highest BCUT2D eigenvalue weighted by Gasteiger charge is 2.11. The molecule has 0 bridgehead atoms. The minimum Gasteiger partial charge on any atom is -0.314 e. The van der Waals surface area contributed by atoms with Gasteiger partial charge in [0.15, 0.2) is 0 Å². The quantitative estimate of drug-likeness (QED) is 0.405. The van der Waals surface area contributed by atoms with Gasteiger partial charge < -0.3 is 5.32 Å². The summed E-state index contributed by atoms with van der Waals surface area (Å²) in [5.41, 5.74) is 0. The summed E-state index contributed by atoms with van der Waals surface area (Å²) >= 11 is 0. The molecule has 13 heavy (non-hydrogen) atoms. The predicted molar refractivity (Wildman–Crippen MR) is 48.0 cm³/mol. The van der Waals surface area contributed by atoms with Crippen LogP contribution >= 0.6 is 0 Å². The summed E-state index contributed by atoms with van der Waals surface area (Å²) in [7, 11) is 0. The van der Waals surface area contributed by atoms with Crippen molar-refractivity contribution in [3.63, 3.8) is 0 Å². The van der Waals surface area contributed by atoms with E-state index in [0.29, 0.717) is 12.6 Å². The fourth-order valence-electron chi connectivity index (χ4n) is 1.49. The largest absolute Gasteiger partial charge is 0.339 e. The maximum absolute atomic E-state index is 10.3. The number of carbonyl (C=O) groups is 1. The van der Waals surface area contributed by atoms with Crippen LogP contribution in [0.4, 0.5) is 0 Å². The maximum Gasteiger partial charge on any atom is 0.339 e. The molecule has 4 heteroatoms. The van der Waals surface area contributed by atoms with E-state index in [0.717, 1.165) is 13.0 Å². The zero-order valence-electron chi connectivity index (χ0n) is 8.04. The molecule has 1 aliphatic rings. The van der Waals surface area contributed by atoms with E-state index in [-0.39, 0.29) is 0 Å². The third-order valence-electron chi connectivity index (χ3n) is 2.14. The zero-order chi connectivity index (χ0) is 9.52. The highest BCUT2D eigenvalue weighted by Crippen LogP contribution is 2.09. The predicted octanol–water partition coefficient (Wildman–Crippen LogP) is 1.01. The Labute approximate surface area is 78.5 Å². The van der Waals surface area contributed by atoms with Crippen molar-refractivity contribution in [1.82, 2.24) is 5.32 Å². The Kier molecular flexibility index (Phi) is 4.78. The summed E-state index contributed by atoms with van der Waals surface area (Å²) in [5, 5.41) is 3.39. The standard InChI is InChI=1S/C9H17NO3/c1-8(11)13-12-7-5-9-4-2-3-6-10-9/h9-10H,2-7H2,1H3/t9-/m0/s1. The first-order chi connectivity index (χ1) is 6.29. The lowest BCUT2D eigenvalue weighted by molar-refractivity contribution is -0.271. The fourth-order valence-corrected chi connectivity index (χ4v) is 1.49. The van der Waals surface area contributed by atoms with Crippen molar-refractivity contribution in [2.24, 2.45) is 0 Å². The van der Waals surface area contributed by atoms with Crippen LogP contribution < -0.4 is 5.32 Å². The summed E-state index contributed by atoms with van der Waals surface area (Å²) in [4.78, 5) is 19.4. The van der Waals surface area contributed by atoms with E-state index in [9.17, 15) is 4.79 Å². The minimum atomic E-state index is -0.392. The molecule has 4 nitrogen and oxygen atoms in total. The van der Waals surface area contributed by atoms with Gasteiger partial charge in [-0.1, -0.05) is 6.42 Å². The van der Waals surface area contributed by atoms with Crippen molar-refractivity contribution in [3.8, 4) is 0 Å². The molecule has 76 valence electrons. The number of hydrogen-bond acceptors (Lipinski definition) is 4. The van der Waals surface area contributed by atoms with Gasteiger partial charge in [0.05, 0.1) is 6.61 Å². The summed E-state index contributed by atoms with van der Waals surface area (Å²) in [6.45, 7) is 2.91. The second-order valence-corrected chi connectivity index (χ2v) is 3.33. The van der Waals surface area contributed by atoms with Crippen LogP contribution in [0.3, 0.4) is 0 Å². The third-order valence-corrected chi connectivity index (χ3v) is 2.14. The van der Waals surface area contributed by atoms with E-state index in [4.69, 9.17) is 4.89 Å². The van der Waals surface area contributed by atoms with Crippen LogP contribution in [0.2, 0.25) is 0 Å². The number of carbonyl (C=O) groups excluding carboxylic acids is 1. The van der Waals surface area contributed by atoms with Gasteiger partial charge in [-0.05, 0) is 25.8 Å². The summed E-state index contributed by atoms with van der Waals surface area (Å²) in [5.74, 6) is -0.392. The molecule has 1 saturated heterocycles. The Hall–Kier alpha value is -0.610. The van der Waals surface area contributed by atoms with Crippen LogP contribution in [0.15, 0.2) is 0 Å². The number of piperidine rings is 1. The lowest BCUT2D eigenvalue weighted by atomic mass is 10.0. The van der Waals surface area contributed by atoms with Crippen molar-refractivity contribution >= 4 is 5.97 Å². The van der Waals surface area contributed by atoms with Gasteiger partial charge in [0.1, 0.15) is 0 Å². The molecule has 1 fully saturated rings. The van der Waals surface area contributed by atoms with E-state index in [1.165, 1.54) is 26.2 Å². The number of rotatable bonds is 4. The molecular weight excluding hydrogens is 170 g/mol. The lowest BCUT2D eigenvalue weighted by Gasteiger charge is -2.22. The molecule has 1 N–H and O–H groups in total. The normalized spacial score (nSPS) is 22.7. The van der Waals surface area contributed by atoms with Crippen LogP contribution in [0.1, 0.15) is 32.6 Å². The topological polar surface area (TPSA) is 47.6 Å². The van der Waals surface area contributed by atoms with E-state index < -0.39 is 5.97 Å². The molecule has 0 aromatic heterocycles. The summed E-state index contributed by atoms with van der Waals surface area (Å²) < 4.78 is 0. The van der Waals surface area contributed by atoms with Gasteiger partial charge in [-0.15, -0.1) is 0 Å². The van der Waals surface area contributed by atoms with Gasteiger partial charge in [-0.25, -0.2) is 4.79 Å². The Morgan fingerprint density at radius 3 is 3.00 bits per heavy atom. The summed E-state index contributed by atoms with van der Waals surface area (Å²) in [6.07, 6.45) is 4.66. The van der Waals surface area contributed by atoms with E-state index >= 15 is 0 Å². The smallest absolute Gasteiger partial charge is 0.314 e. The average molecular weight is 187 g/mol. The number of hydrogen-bond donors (Lipinski definition) is 1. The molecule has 0 aromatic carbocycles. The molecule has 0 saturated carbocycles. The molecule has 1 aliphatic heterocycles. The molecule has 0 spiro atoms. The highest BCUT2D eigenvalue weighted by molar-refractivity contribution is 5.65. The average Bonchev–Trinajstić information content (AvgIpc) is 2.14. The van der Waals surface area contributed by atoms with Crippen molar-refractivity contribution in [2.75, 3.05) is 13.2 Å². The van der Waals surface area contributed by atoms with Crippen LogP contribution in [-0.2, 0) is 14.6 Å². The minimum absolute atomic E-state index is 0.392. The van der Waals surface area contributed by atoms with Gasteiger partial charge in [-0.2, -0.15) is 4.89 Å². The molecule has 1 rings (SSSR count). The first-order valence-electron chi connectivity index (χ1n) is 4.82. The lowest BCUT2D eigenvalue weighted by Crippen LogP contribution is -2.34. The molecule has 0 aliphatic carbocycles. The summed E-state index contributed by atoms with van der Waals surface area (Å²) in [6, 6.07) is 0.532. The SMILES string of the molecule is CC(=O)OOCC[C@@H]1CCCCN1. The Balaban J connectivity index is 1.95. The van der Waals surface area contributed by atoms with Crippen LogP contribution in [0.5, 0.6) is 0 Å². The Morgan fingerprint density at radius 2 is 2.38 bits per heavy atom. The first kappa shape index (κ1) is 10.5. The Bertz CT molecular complexity index is 155. The Morgan fingerprint density at radius 1 is 1.54 bits per heavy atom. The van der Waals surface area contributed by atoms with Gasteiger partial charge in [0.2, 0.25) is 0 Å².